The minimum Gasteiger partial charge on any atom is -0.490 e. The smallest absolute Gasteiger partial charge is 0.314 e. The van der Waals surface area contributed by atoms with E-state index in [0.29, 0.717) is 28.4 Å². The summed E-state index contributed by atoms with van der Waals surface area (Å²) in [6.07, 6.45) is 3.04. The Labute approximate surface area is 231 Å². The molecule has 0 aromatic heterocycles. The van der Waals surface area contributed by atoms with E-state index in [-0.39, 0.29) is 37.4 Å². The molecule has 0 spiro atoms. The maximum absolute atomic E-state index is 12.8. The fraction of sp³-hybridized carbons (Fsp3) is 0.452. The number of hydrogen-bond acceptors (Lipinski definition) is 8. The lowest BCUT2D eigenvalue weighted by Crippen LogP contribution is -2.24. The van der Waals surface area contributed by atoms with E-state index in [1.807, 2.05) is 26.8 Å². The standard InChI is InChI=1S/C31H40O8/c1-20(2)39-27-17-26(36-19-38-29(34)31(7,8)9)21(3)16-23(27)12-15-25(32)22-10-13-24(14-11-22)35-18-37-28(33)30(4,5)6/h10-17,20H,18-19H2,1-9H3. The first-order chi connectivity index (χ1) is 18.1. The Hall–Kier alpha value is -3.81. The highest BCUT2D eigenvalue weighted by atomic mass is 16.7. The molecular formula is C31H40O8. The van der Waals surface area contributed by atoms with Gasteiger partial charge in [0.25, 0.3) is 0 Å². The molecule has 0 aliphatic rings. The Kier molecular flexibility index (Phi) is 10.7. The normalized spacial score (nSPS) is 11.8. The second kappa shape index (κ2) is 13.3. The van der Waals surface area contributed by atoms with Crippen molar-refractivity contribution in [1.29, 1.82) is 0 Å². The highest BCUT2D eigenvalue weighted by Gasteiger charge is 2.24. The van der Waals surface area contributed by atoms with E-state index in [4.69, 9.17) is 23.7 Å². The lowest BCUT2D eigenvalue weighted by Gasteiger charge is -2.19. The number of aryl methyl sites for hydroxylation is 1. The van der Waals surface area contributed by atoms with E-state index < -0.39 is 10.8 Å². The average molecular weight is 541 g/mol. The zero-order valence-electron chi connectivity index (χ0n) is 24.4. The van der Waals surface area contributed by atoms with Gasteiger partial charge in [0.1, 0.15) is 17.2 Å². The molecule has 0 heterocycles. The van der Waals surface area contributed by atoms with E-state index >= 15 is 0 Å². The van der Waals surface area contributed by atoms with Crippen molar-refractivity contribution in [3.63, 3.8) is 0 Å². The molecule has 0 unspecified atom stereocenters. The maximum atomic E-state index is 12.8. The van der Waals surface area contributed by atoms with Gasteiger partial charge in [-0.25, -0.2) is 0 Å². The van der Waals surface area contributed by atoms with Gasteiger partial charge >= 0.3 is 11.9 Å². The maximum Gasteiger partial charge on any atom is 0.314 e. The molecule has 2 rings (SSSR count). The number of carbonyl (C=O) groups is 3. The number of ether oxygens (including phenoxy) is 5. The summed E-state index contributed by atoms with van der Waals surface area (Å²) in [5.41, 5.74) is 0.723. The predicted octanol–water partition coefficient (Wildman–Crippen LogP) is 6.53. The van der Waals surface area contributed by atoms with Crippen LogP contribution >= 0.6 is 0 Å². The monoisotopic (exact) mass is 540 g/mol. The van der Waals surface area contributed by atoms with Gasteiger partial charge in [-0.3, -0.25) is 14.4 Å². The van der Waals surface area contributed by atoms with E-state index in [1.165, 1.54) is 6.08 Å². The summed E-state index contributed by atoms with van der Waals surface area (Å²) in [7, 11) is 0. The van der Waals surface area contributed by atoms with Gasteiger partial charge in [-0.05, 0) is 110 Å². The fourth-order valence-electron chi connectivity index (χ4n) is 3.04. The minimum atomic E-state index is -0.625. The van der Waals surface area contributed by atoms with Gasteiger partial charge < -0.3 is 23.7 Å². The van der Waals surface area contributed by atoms with E-state index in [2.05, 4.69) is 0 Å². The Bertz CT molecular complexity index is 1180. The molecule has 0 fully saturated rings. The predicted molar refractivity (Wildman–Crippen MR) is 149 cm³/mol. The number of hydrogen-bond donors (Lipinski definition) is 0. The van der Waals surface area contributed by atoms with Crippen LogP contribution in [0.1, 0.15) is 76.9 Å². The number of esters is 2. The number of carbonyl (C=O) groups excluding carboxylic acids is 3. The lowest BCUT2D eigenvalue weighted by atomic mass is 9.97. The van der Waals surface area contributed by atoms with E-state index in [1.54, 1.807) is 78.0 Å². The van der Waals surface area contributed by atoms with Crippen LogP contribution in [0.25, 0.3) is 6.08 Å². The lowest BCUT2D eigenvalue weighted by molar-refractivity contribution is -0.160. The Morgan fingerprint density at radius 3 is 1.85 bits per heavy atom. The zero-order chi connectivity index (χ0) is 29.4. The van der Waals surface area contributed by atoms with Crippen LogP contribution in [-0.2, 0) is 19.1 Å². The van der Waals surface area contributed by atoms with Crippen LogP contribution in [0.3, 0.4) is 0 Å². The summed E-state index contributed by atoms with van der Waals surface area (Å²) in [5.74, 6) is 0.594. The van der Waals surface area contributed by atoms with Crippen molar-refractivity contribution < 1.29 is 38.1 Å². The molecule has 212 valence electrons. The highest BCUT2D eigenvalue weighted by Crippen LogP contribution is 2.31. The van der Waals surface area contributed by atoms with Crippen LogP contribution in [0.5, 0.6) is 17.2 Å². The first-order valence-electron chi connectivity index (χ1n) is 12.8. The molecule has 0 saturated heterocycles. The molecule has 0 N–H and O–H groups in total. The van der Waals surface area contributed by atoms with Crippen LogP contribution in [0, 0.1) is 17.8 Å². The number of benzene rings is 2. The number of ketones is 1. The third-order valence-electron chi connectivity index (χ3n) is 5.27. The Morgan fingerprint density at radius 1 is 0.795 bits per heavy atom. The second-order valence-electron chi connectivity index (χ2n) is 11.4. The van der Waals surface area contributed by atoms with Gasteiger partial charge in [0, 0.05) is 17.2 Å². The molecule has 39 heavy (non-hydrogen) atoms. The topological polar surface area (TPSA) is 97.4 Å². The van der Waals surface area contributed by atoms with Gasteiger partial charge in [0.2, 0.25) is 13.6 Å². The van der Waals surface area contributed by atoms with Crippen molar-refractivity contribution in [2.45, 2.75) is 68.4 Å². The summed E-state index contributed by atoms with van der Waals surface area (Å²) in [4.78, 5) is 36.6. The second-order valence-corrected chi connectivity index (χ2v) is 11.4. The van der Waals surface area contributed by atoms with Crippen LogP contribution in [0.2, 0.25) is 0 Å². The molecule has 0 atom stereocenters. The first-order valence-corrected chi connectivity index (χ1v) is 12.8. The van der Waals surface area contributed by atoms with Gasteiger partial charge in [0.15, 0.2) is 5.78 Å². The molecule has 0 aliphatic heterocycles. The van der Waals surface area contributed by atoms with Crippen LogP contribution in [-0.4, -0.2) is 37.4 Å². The number of rotatable bonds is 11. The minimum absolute atomic E-state index is 0.114. The van der Waals surface area contributed by atoms with Crippen molar-refractivity contribution in [2.24, 2.45) is 10.8 Å². The van der Waals surface area contributed by atoms with Crippen molar-refractivity contribution in [3.05, 3.63) is 59.2 Å². The molecule has 0 saturated carbocycles. The van der Waals surface area contributed by atoms with E-state index in [9.17, 15) is 14.4 Å². The largest absolute Gasteiger partial charge is 0.490 e. The summed E-state index contributed by atoms with van der Waals surface area (Å²) in [6, 6.07) is 10.1. The quantitative estimate of drug-likeness (QED) is 0.137. The summed E-state index contributed by atoms with van der Waals surface area (Å²) in [5, 5.41) is 0. The molecule has 8 heteroatoms. The summed E-state index contributed by atoms with van der Waals surface area (Å²) >= 11 is 0. The van der Waals surface area contributed by atoms with Crippen LogP contribution in [0.15, 0.2) is 42.5 Å². The third kappa shape index (κ3) is 10.1. The molecule has 0 bridgehead atoms. The first kappa shape index (κ1) is 31.4. The Morgan fingerprint density at radius 2 is 1.33 bits per heavy atom. The molecule has 2 aromatic rings. The van der Waals surface area contributed by atoms with Crippen molar-refractivity contribution >= 4 is 23.8 Å². The molecule has 0 radical (unpaired) electrons. The fourth-order valence-corrected chi connectivity index (χ4v) is 3.04. The summed E-state index contributed by atoms with van der Waals surface area (Å²) < 4.78 is 27.4. The van der Waals surface area contributed by atoms with E-state index in [0.717, 1.165) is 5.56 Å². The van der Waals surface area contributed by atoms with Crippen LogP contribution < -0.4 is 14.2 Å². The average Bonchev–Trinajstić information content (AvgIpc) is 2.83. The van der Waals surface area contributed by atoms with Gasteiger partial charge in [0.05, 0.1) is 16.9 Å². The van der Waals surface area contributed by atoms with Crippen molar-refractivity contribution in [1.82, 2.24) is 0 Å². The molecular weight excluding hydrogens is 500 g/mol. The summed E-state index contributed by atoms with van der Waals surface area (Å²) in [6.45, 7) is 15.8. The van der Waals surface area contributed by atoms with Gasteiger partial charge in [-0.1, -0.05) is 0 Å². The van der Waals surface area contributed by atoms with Crippen molar-refractivity contribution in [2.75, 3.05) is 13.6 Å². The molecule has 2 aromatic carbocycles. The zero-order valence-corrected chi connectivity index (χ0v) is 24.4. The van der Waals surface area contributed by atoms with Gasteiger partial charge in [-0.15, -0.1) is 0 Å². The SMILES string of the molecule is Cc1cc(C=CC(=O)c2ccc(OCOC(=O)C(C)(C)C)cc2)c(OC(C)C)cc1OCOC(=O)C(C)(C)C. The van der Waals surface area contributed by atoms with Crippen LogP contribution in [0.4, 0.5) is 0 Å². The molecule has 0 aliphatic carbocycles. The van der Waals surface area contributed by atoms with Gasteiger partial charge in [-0.2, -0.15) is 0 Å². The van der Waals surface area contributed by atoms with Crippen molar-refractivity contribution in [3.8, 4) is 17.2 Å². The third-order valence-corrected chi connectivity index (χ3v) is 5.27. The number of allylic oxidation sites excluding steroid dienone is 1. The molecule has 8 nitrogen and oxygen atoms in total. The Balaban J connectivity index is 2.09. The molecule has 0 amide bonds. The highest BCUT2D eigenvalue weighted by molar-refractivity contribution is 6.07.